The summed E-state index contributed by atoms with van der Waals surface area (Å²) >= 11 is 2.26. The lowest BCUT2D eigenvalue weighted by atomic mass is 9.96. The summed E-state index contributed by atoms with van der Waals surface area (Å²) in [6.45, 7) is 10.0. The maximum atomic E-state index is 12.0. The number of aromatic nitrogens is 2. The van der Waals surface area contributed by atoms with Gasteiger partial charge in [-0.05, 0) is 62.6 Å². The third-order valence-corrected chi connectivity index (χ3v) is 5.15. The number of nitrogens with one attached hydrogen (secondary N) is 1. The van der Waals surface area contributed by atoms with Crippen molar-refractivity contribution in [1.29, 1.82) is 5.41 Å². The normalized spacial score (nSPS) is 16.7. The molecule has 6 nitrogen and oxygen atoms in total. The van der Waals surface area contributed by atoms with Gasteiger partial charge in [0.1, 0.15) is 9.53 Å². The van der Waals surface area contributed by atoms with E-state index in [0.717, 1.165) is 67.0 Å². The predicted octanol–water partition coefficient (Wildman–Crippen LogP) is 4.38. The minimum atomic E-state index is -0.480. The van der Waals surface area contributed by atoms with E-state index in [1.807, 2.05) is 20.8 Å². The van der Waals surface area contributed by atoms with Crippen LogP contribution in [0.3, 0.4) is 0 Å². The monoisotopic (exact) mass is 474 g/mol. The molecular weight excluding hydrogens is 443 g/mol. The number of hydroxylamine groups is 2. The van der Waals surface area contributed by atoms with Gasteiger partial charge in [0.05, 0.1) is 5.41 Å². The second-order valence-electron chi connectivity index (χ2n) is 8.05. The minimum Gasteiger partial charge on any atom is -0.367 e. The van der Waals surface area contributed by atoms with Gasteiger partial charge in [0, 0.05) is 43.9 Å². The van der Waals surface area contributed by atoms with E-state index in [2.05, 4.69) is 40.3 Å². The molecular formula is C19H31IN4O2. The van der Waals surface area contributed by atoms with Crippen LogP contribution in [0, 0.1) is 14.5 Å². The van der Waals surface area contributed by atoms with E-state index in [1.165, 1.54) is 0 Å². The number of carbonyl (C=O) groups is 1. The zero-order valence-corrected chi connectivity index (χ0v) is 18.5. The van der Waals surface area contributed by atoms with Gasteiger partial charge in [0.2, 0.25) is 0 Å². The molecule has 1 N–H and O–H groups in total. The highest BCUT2D eigenvalue weighted by molar-refractivity contribution is 14.1. The molecule has 1 saturated heterocycles. The fraction of sp³-hybridized carbons (Fsp3) is 0.737. The van der Waals surface area contributed by atoms with Crippen LogP contribution in [0.1, 0.15) is 71.5 Å². The van der Waals surface area contributed by atoms with Crippen LogP contribution in [0.4, 0.5) is 0 Å². The molecule has 1 aromatic rings. The van der Waals surface area contributed by atoms with Crippen molar-refractivity contribution in [2.75, 3.05) is 13.1 Å². The lowest BCUT2D eigenvalue weighted by molar-refractivity contribution is -0.204. The van der Waals surface area contributed by atoms with E-state index in [1.54, 1.807) is 5.06 Å². The molecule has 146 valence electrons. The summed E-state index contributed by atoms with van der Waals surface area (Å²) in [5, 5.41) is 9.80. The Balaban J connectivity index is 1.92. The number of halogens is 1. The van der Waals surface area contributed by atoms with Crippen molar-refractivity contribution in [3.8, 4) is 0 Å². The summed E-state index contributed by atoms with van der Waals surface area (Å²) in [5.74, 6) is 1.31. The van der Waals surface area contributed by atoms with Gasteiger partial charge in [-0.1, -0.05) is 13.3 Å². The number of carbonyl (C=O) groups excluding carboxylic acids is 1. The Morgan fingerprint density at radius 1 is 1.35 bits per heavy atom. The fourth-order valence-electron chi connectivity index (χ4n) is 3.04. The Morgan fingerprint density at radius 2 is 2.00 bits per heavy atom. The first kappa shape index (κ1) is 21.3. The van der Waals surface area contributed by atoms with E-state index in [-0.39, 0.29) is 5.97 Å². The lowest BCUT2D eigenvalue weighted by Crippen LogP contribution is -2.38. The van der Waals surface area contributed by atoms with Gasteiger partial charge in [0.15, 0.2) is 0 Å². The first-order chi connectivity index (χ1) is 12.2. The van der Waals surface area contributed by atoms with E-state index in [9.17, 15) is 4.79 Å². The van der Waals surface area contributed by atoms with Crippen LogP contribution in [0.15, 0.2) is 6.20 Å². The Bertz CT molecular complexity index is 628. The van der Waals surface area contributed by atoms with Gasteiger partial charge in [-0.25, -0.2) is 9.78 Å². The highest BCUT2D eigenvalue weighted by atomic mass is 127. The molecule has 0 saturated carbocycles. The summed E-state index contributed by atoms with van der Waals surface area (Å²) in [6.07, 6.45) is 6.63. The third-order valence-electron chi connectivity index (χ3n) is 4.63. The Morgan fingerprint density at radius 3 is 2.58 bits per heavy atom. The molecule has 0 amide bonds. The zero-order valence-electron chi connectivity index (χ0n) is 16.3. The standard InChI is InChI=1S/C19H31IN4O2/c1-5-6-15(21)9-10-23-13-16(20)22-17(23)14-7-11-24(12-8-14)26-18(25)19(2,3)4/h13-14,21H,5-12H2,1-4H3. The first-order valence-electron chi connectivity index (χ1n) is 9.47. The molecule has 7 heteroatoms. The molecule has 2 rings (SSSR count). The van der Waals surface area contributed by atoms with E-state index < -0.39 is 5.41 Å². The highest BCUT2D eigenvalue weighted by Gasteiger charge is 2.30. The minimum absolute atomic E-state index is 0.179. The molecule has 0 unspecified atom stereocenters. The van der Waals surface area contributed by atoms with Crippen LogP contribution in [-0.4, -0.2) is 39.4 Å². The Hall–Kier alpha value is -0.960. The molecule has 0 spiro atoms. The predicted molar refractivity (Wildman–Crippen MR) is 111 cm³/mol. The summed E-state index contributed by atoms with van der Waals surface area (Å²) in [6, 6.07) is 0. The molecule has 1 fully saturated rings. The molecule has 1 aliphatic heterocycles. The molecule has 1 aliphatic rings. The van der Waals surface area contributed by atoms with Gasteiger partial charge >= 0.3 is 5.97 Å². The number of rotatable bonds is 7. The summed E-state index contributed by atoms with van der Waals surface area (Å²) < 4.78 is 3.22. The Labute approximate surface area is 170 Å². The fourth-order valence-corrected chi connectivity index (χ4v) is 3.63. The van der Waals surface area contributed by atoms with Crippen molar-refractivity contribution in [3.05, 3.63) is 15.7 Å². The van der Waals surface area contributed by atoms with Gasteiger partial charge in [-0.3, -0.25) is 0 Å². The Kier molecular flexibility index (Phi) is 7.63. The van der Waals surface area contributed by atoms with Crippen LogP contribution in [-0.2, 0) is 16.2 Å². The third kappa shape index (κ3) is 6.04. The van der Waals surface area contributed by atoms with Gasteiger partial charge in [0.25, 0.3) is 0 Å². The number of hydrogen-bond acceptors (Lipinski definition) is 5. The van der Waals surface area contributed by atoms with Gasteiger partial charge in [-0.15, -0.1) is 5.06 Å². The van der Waals surface area contributed by atoms with Crippen molar-refractivity contribution < 1.29 is 9.63 Å². The van der Waals surface area contributed by atoms with Crippen LogP contribution < -0.4 is 0 Å². The maximum Gasteiger partial charge on any atom is 0.330 e. The lowest BCUT2D eigenvalue weighted by Gasteiger charge is -2.32. The van der Waals surface area contributed by atoms with Crippen molar-refractivity contribution in [3.63, 3.8) is 0 Å². The van der Waals surface area contributed by atoms with Crippen molar-refractivity contribution in [2.24, 2.45) is 5.41 Å². The van der Waals surface area contributed by atoms with Crippen LogP contribution in [0.25, 0.3) is 0 Å². The largest absolute Gasteiger partial charge is 0.367 e. The summed E-state index contributed by atoms with van der Waals surface area (Å²) in [7, 11) is 0. The molecule has 0 radical (unpaired) electrons. The van der Waals surface area contributed by atoms with Crippen molar-refractivity contribution >= 4 is 34.3 Å². The number of hydrogen-bond donors (Lipinski definition) is 1. The van der Waals surface area contributed by atoms with Gasteiger partial charge in [-0.2, -0.15) is 0 Å². The number of nitrogens with zero attached hydrogens (tertiary/aromatic N) is 3. The molecule has 0 atom stereocenters. The van der Waals surface area contributed by atoms with Crippen LogP contribution in [0.2, 0.25) is 0 Å². The zero-order chi connectivity index (χ0) is 19.3. The molecule has 0 aliphatic carbocycles. The second-order valence-corrected chi connectivity index (χ2v) is 9.16. The number of imidazole rings is 1. The maximum absolute atomic E-state index is 12.0. The number of aryl methyl sites for hydroxylation is 1. The van der Waals surface area contributed by atoms with Crippen molar-refractivity contribution in [1.82, 2.24) is 14.6 Å². The average Bonchev–Trinajstić information content (AvgIpc) is 2.94. The van der Waals surface area contributed by atoms with Crippen LogP contribution >= 0.6 is 22.6 Å². The smallest absolute Gasteiger partial charge is 0.330 e. The average molecular weight is 474 g/mol. The summed E-state index contributed by atoms with van der Waals surface area (Å²) in [4.78, 5) is 22.3. The van der Waals surface area contributed by atoms with Gasteiger partial charge < -0.3 is 14.8 Å². The molecule has 1 aromatic heterocycles. The topological polar surface area (TPSA) is 71.2 Å². The first-order valence-corrected chi connectivity index (χ1v) is 10.5. The van der Waals surface area contributed by atoms with Crippen LogP contribution in [0.5, 0.6) is 0 Å². The number of piperidine rings is 1. The summed E-state index contributed by atoms with van der Waals surface area (Å²) in [5.41, 5.74) is 0.331. The SMILES string of the molecule is CCCC(=N)CCn1cc(I)nc1C1CCN(OC(=O)C(C)(C)C)CC1. The van der Waals surface area contributed by atoms with Crippen molar-refractivity contribution in [2.45, 2.75) is 72.3 Å². The van der Waals surface area contributed by atoms with E-state index in [4.69, 9.17) is 15.2 Å². The second kappa shape index (κ2) is 9.30. The van der Waals surface area contributed by atoms with E-state index in [0.29, 0.717) is 5.92 Å². The molecule has 0 aromatic carbocycles. The molecule has 0 bridgehead atoms. The highest BCUT2D eigenvalue weighted by Crippen LogP contribution is 2.29. The quantitative estimate of drug-likeness (QED) is 0.471. The molecule has 26 heavy (non-hydrogen) atoms. The van der Waals surface area contributed by atoms with E-state index >= 15 is 0 Å². The molecule has 2 heterocycles.